The number of amides is 1. The zero-order valence-corrected chi connectivity index (χ0v) is 16.6. The lowest BCUT2D eigenvalue weighted by atomic mass is 10.1. The van der Waals surface area contributed by atoms with Gasteiger partial charge in [0.25, 0.3) is 11.6 Å². The average Bonchev–Trinajstić information content (AvgIpc) is 3.02. The maximum absolute atomic E-state index is 12.4. The van der Waals surface area contributed by atoms with Crippen LogP contribution in [0.15, 0.2) is 48.7 Å². The van der Waals surface area contributed by atoms with Crippen molar-refractivity contribution in [3.05, 3.63) is 86.2 Å². The van der Waals surface area contributed by atoms with Crippen LogP contribution in [-0.4, -0.2) is 20.6 Å². The molecule has 0 aliphatic heterocycles. The van der Waals surface area contributed by atoms with Crippen molar-refractivity contribution in [3.8, 4) is 5.75 Å². The van der Waals surface area contributed by atoms with Crippen molar-refractivity contribution >= 4 is 23.2 Å². The lowest BCUT2D eigenvalue weighted by Gasteiger charge is -2.10. The molecule has 0 bridgehead atoms. The normalized spacial score (nSPS) is 10.6. The van der Waals surface area contributed by atoms with Gasteiger partial charge in [-0.05, 0) is 36.8 Å². The predicted molar refractivity (Wildman–Crippen MR) is 108 cm³/mol. The number of hydrogen-bond acceptors (Lipinski definition) is 5. The highest BCUT2D eigenvalue weighted by Crippen LogP contribution is 2.23. The van der Waals surface area contributed by atoms with E-state index in [0.29, 0.717) is 27.6 Å². The number of hydrogen-bond donors (Lipinski definition) is 1. The van der Waals surface area contributed by atoms with E-state index in [9.17, 15) is 14.9 Å². The second kappa shape index (κ2) is 8.74. The number of nitrogens with one attached hydrogen (secondary N) is 1. The molecule has 1 heterocycles. The van der Waals surface area contributed by atoms with Gasteiger partial charge in [0.15, 0.2) is 0 Å². The Kier molecular flexibility index (Phi) is 6.13. The lowest BCUT2D eigenvalue weighted by molar-refractivity contribution is -0.385. The molecule has 1 N–H and O–H groups in total. The largest absolute Gasteiger partial charge is 0.489 e. The monoisotopic (exact) mass is 414 g/mol. The molecule has 29 heavy (non-hydrogen) atoms. The van der Waals surface area contributed by atoms with E-state index in [2.05, 4.69) is 10.4 Å². The summed E-state index contributed by atoms with van der Waals surface area (Å²) in [5.74, 6) is 0.282. The Morgan fingerprint density at radius 2 is 2.10 bits per heavy atom. The van der Waals surface area contributed by atoms with Gasteiger partial charge in [-0.2, -0.15) is 5.10 Å². The van der Waals surface area contributed by atoms with Gasteiger partial charge < -0.3 is 10.1 Å². The molecule has 3 rings (SSSR count). The van der Waals surface area contributed by atoms with E-state index in [0.717, 1.165) is 5.56 Å². The first-order chi connectivity index (χ1) is 13.8. The van der Waals surface area contributed by atoms with Gasteiger partial charge in [0, 0.05) is 24.2 Å². The molecule has 0 spiro atoms. The van der Waals surface area contributed by atoms with Crippen molar-refractivity contribution in [2.45, 2.75) is 20.1 Å². The summed E-state index contributed by atoms with van der Waals surface area (Å²) in [7, 11) is 1.76. The molecule has 0 atom stereocenters. The SMILES string of the molecule is Cc1cc(OCc2cccc(C(=O)NCc3c(Cl)cnn3C)c2)ccc1[N+](=O)[O-]. The Labute approximate surface area is 172 Å². The van der Waals surface area contributed by atoms with Crippen LogP contribution < -0.4 is 10.1 Å². The fourth-order valence-electron chi connectivity index (χ4n) is 2.79. The standard InChI is InChI=1S/C20H19ClN4O4/c1-13-8-16(6-7-18(13)25(27)28)29-12-14-4-3-5-15(9-14)20(26)22-11-19-17(21)10-23-24(19)2/h3-10H,11-12H2,1-2H3,(H,22,26). The van der Waals surface area contributed by atoms with E-state index < -0.39 is 4.92 Å². The maximum Gasteiger partial charge on any atom is 0.272 e. The summed E-state index contributed by atoms with van der Waals surface area (Å²) < 4.78 is 7.32. The van der Waals surface area contributed by atoms with Crippen LogP contribution in [0.1, 0.15) is 27.2 Å². The number of carbonyl (C=O) groups excluding carboxylic acids is 1. The van der Waals surface area contributed by atoms with E-state index in [1.165, 1.54) is 12.3 Å². The van der Waals surface area contributed by atoms with Gasteiger partial charge in [0.05, 0.1) is 28.4 Å². The molecule has 0 radical (unpaired) electrons. The van der Waals surface area contributed by atoms with E-state index >= 15 is 0 Å². The number of nitro groups is 1. The second-order valence-electron chi connectivity index (χ2n) is 6.44. The molecular formula is C20H19ClN4O4. The molecule has 0 unspecified atom stereocenters. The minimum Gasteiger partial charge on any atom is -0.489 e. The molecule has 3 aromatic rings. The first-order valence-corrected chi connectivity index (χ1v) is 9.14. The number of aryl methyl sites for hydroxylation is 2. The lowest BCUT2D eigenvalue weighted by Crippen LogP contribution is -2.24. The van der Waals surface area contributed by atoms with Gasteiger partial charge in [-0.1, -0.05) is 23.7 Å². The Bertz CT molecular complexity index is 1040. The summed E-state index contributed by atoms with van der Waals surface area (Å²) in [6.07, 6.45) is 1.53. The Morgan fingerprint density at radius 1 is 1.31 bits per heavy atom. The molecule has 2 aromatic carbocycles. The highest BCUT2D eigenvalue weighted by atomic mass is 35.5. The molecule has 0 saturated heterocycles. The van der Waals surface area contributed by atoms with Crippen molar-refractivity contribution in [1.82, 2.24) is 15.1 Å². The number of carbonyl (C=O) groups is 1. The third-order valence-corrected chi connectivity index (χ3v) is 4.70. The summed E-state index contributed by atoms with van der Waals surface area (Å²) in [5, 5.41) is 18.2. The van der Waals surface area contributed by atoms with Crippen LogP contribution in [0.5, 0.6) is 5.75 Å². The molecule has 150 valence electrons. The van der Waals surface area contributed by atoms with Gasteiger partial charge in [0.2, 0.25) is 0 Å². The second-order valence-corrected chi connectivity index (χ2v) is 6.85. The van der Waals surface area contributed by atoms with Crippen LogP contribution >= 0.6 is 11.6 Å². The number of halogens is 1. The van der Waals surface area contributed by atoms with Gasteiger partial charge in [0.1, 0.15) is 12.4 Å². The fourth-order valence-corrected chi connectivity index (χ4v) is 3.03. The predicted octanol–water partition coefficient (Wildman–Crippen LogP) is 3.80. The summed E-state index contributed by atoms with van der Waals surface area (Å²) in [6, 6.07) is 11.6. The zero-order chi connectivity index (χ0) is 21.0. The van der Waals surface area contributed by atoms with E-state index in [4.69, 9.17) is 16.3 Å². The summed E-state index contributed by atoms with van der Waals surface area (Å²) >= 11 is 6.05. The van der Waals surface area contributed by atoms with Crippen LogP contribution in [0.2, 0.25) is 5.02 Å². The molecule has 0 aliphatic carbocycles. The number of ether oxygens (including phenoxy) is 1. The van der Waals surface area contributed by atoms with Gasteiger partial charge in [-0.3, -0.25) is 19.6 Å². The molecular weight excluding hydrogens is 396 g/mol. The van der Waals surface area contributed by atoms with Crippen molar-refractivity contribution in [2.24, 2.45) is 7.05 Å². The maximum atomic E-state index is 12.4. The number of benzene rings is 2. The quantitative estimate of drug-likeness (QED) is 0.468. The van der Waals surface area contributed by atoms with E-state index in [-0.39, 0.29) is 24.7 Å². The molecule has 1 aromatic heterocycles. The first-order valence-electron chi connectivity index (χ1n) is 8.76. The van der Waals surface area contributed by atoms with Crippen molar-refractivity contribution in [3.63, 3.8) is 0 Å². The zero-order valence-electron chi connectivity index (χ0n) is 15.9. The molecule has 9 heteroatoms. The Morgan fingerprint density at radius 3 is 2.76 bits per heavy atom. The molecule has 0 aliphatic rings. The highest BCUT2D eigenvalue weighted by Gasteiger charge is 2.12. The number of nitro benzene ring substituents is 1. The number of aromatic nitrogens is 2. The molecule has 1 amide bonds. The fraction of sp³-hybridized carbons (Fsp3) is 0.200. The first kappa shape index (κ1) is 20.3. The topological polar surface area (TPSA) is 99.3 Å². The summed E-state index contributed by atoms with van der Waals surface area (Å²) in [6.45, 7) is 2.15. The Hall–Kier alpha value is -3.39. The molecule has 0 saturated carbocycles. The van der Waals surface area contributed by atoms with Crippen molar-refractivity contribution in [2.75, 3.05) is 0 Å². The minimum atomic E-state index is -0.431. The third-order valence-electron chi connectivity index (χ3n) is 4.39. The summed E-state index contributed by atoms with van der Waals surface area (Å²) in [5.41, 5.74) is 2.57. The van der Waals surface area contributed by atoms with Crippen LogP contribution in [-0.2, 0) is 20.2 Å². The van der Waals surface area contributed by atoms with Crippen LogP contribution in [0.25, 0.3) is 0 Å². The van der Waals surface area contributed by atoms with Gasteiger partial charge in [-0.15, -0.1) is 0 Å². The number of rotatable bonds is 7. The third kappa shape index (κ3) is 4.91. The van der Waals surface area contributed by atoms with Crippen molar-refractivity contribution < 1.29 is 14.5 Å². The molecule has 0 fully saturated rings. The molecule has 8 nitrogen and oxygen atoms in total. The van der Waals surface area contributed by atoms with Crippen LogP contribution in [0.3, 0.4) is 0 Å². The van der Waals surface area contributed by atoms with Crippen molar-refractivity contribution in [1.29, 1.82) is 0 Å². The summed E-state index contributed by atoms with van der Waals surface area (Å²) in [4.78, 5) is 22.9. The van der Waals surface area contributed by atoms with E-state index in [1.807, 2.05) is 6.07 Å². The Balaban J connectivity index is 1.62. The minimum absolute atomic E-state index is 0.0459. The van der Waals surface area contributed by atoms with E-state index in [1.54, 1.807) is 49.0 Å². The van der Waals surface area contributed by atoms with Gasteiger partial charge >= 0.3 is 0 Å². The van der Waals surface area contributed by atoms with Gasteiger partial charge in [-0.25, -0.2) is 0 Å². The smallest absolute Gasteiger partial charge is 0.272 e. The van der Waals surface area contributed by atoms with Crippen LogP contribution in [0.4, 0.5) is 5.69 Å². The average molecular weight is 415 g/mol. The van der Waals surface area contributed by atoms with Crippen LogP contribution in [0, 0.1) is 17.0 Å². The highest BCUT2D eigenvalue weighted by molar-refractivity contribution is 6.31. The number of nitrogens with zero attached hydrogens (tertiary/aromatic N) is 3.